The number of rotatable bonds is 3. The van der Waals surface area contributed by atoms with Crippen LogP contribution in [-0.2, 0) is 4.74 Å². The number of hydrogen-bond acceptors (Lipinski definition) is 7. The molecule has 0 amide bonds. The molecule has 7 heteroatoms. The van der Waals surface area contributed by atoms with Crippen molar-refractivity contribution in [2.24, 2.45) is 0 Å². The van der Waals surface area contributed by atoms with Crippen LogP contribution in [0.3, 0.4) is 0 Å². The standard InChI is InChI=1S/C16H20N4O3/c21-13-8-14(20(10-13)12-3-6-22-7-4-12)16-18-15(19-23-16)11-2-1-5-17-9-11/h1-2,5,9,12-14,21H,3-4,6-8,10H2/t13-,14+/m1/s1. The lowest BCUT2D eigenvalue weighted by Gasteiger charge is -2.33. The fourth-order valence-electron chi connectivity index (χ4n) is 3.48. The number of likely N-dealkylation sites (tertiary alicyclic amines) is 1. The van der Waals surface area contributed by atoms with E-state index in [9.17, 15) is 5.11 Å². The molecule has 4 rings (SSSR count). The summed E-state index contributed by atoms with van der Waals surface area (Å²) in [6.45, 7) is 2.20. The minimum atomic E-state index is -0.350. The average Bonchev–Trinajstić information content (AvgIpc) is 3.23. The van der Waals surface area contributed by atoms with Gasteiger partial charge in [-0.15, -0.1) is 0 Å². The first-order valence-corrected chi connectivity index (χ1v) is 8.07. The van der Waals surface area contributed by atoms with E-state index in [2.05, 4.69) is 20.0 Å². The summed E-state index contributed by atoms with van der Waals surface area (Å²) in [5.41, 5.74) is 0.832. The molecule has 2 aromatic heterocycles. The van der Waals surface area contributed by atoms with Crippen LogP contribution in [0.2, 0.25) is 0 Å². The summed E-state index contributed by atoms with van der Waals surface area (Å²) in [6.07, 6.45) is 5.67. The Labute approximate surface area is 134 Å². The Balaban J connectivity index is 1.57. The van der Waals surface area contributed by atoms with Gasteiger partial charge in [-0.2, -0.15) is 4.98 Å². The van der Waals surface area contributed by atoms with Crippen molar-refractivity contribution < 1.29 is 14.4 Å². The molecular weight excluding hydrogens is 296 g/mol. The molecule has 0 spiro atoms. The van der Waals surface area contributed by atoms with Crippen molar-refractivity contribution in [1.82, 2.24) is 20.0 Å². The highest BCUT2D eigenvalue weighted by atomic mass is 16.5. The van der Waals surface area contributed by atoms with Crippen molar-refractivity contribution in [3.8, 4) is 11.4 Å². The number of aromatic nitrogens is 3. The zero-order valence-electron chi connectivity index (χ0n) is 12.8. The van der Waals surface area contributed by atoms with E-state index in [0.717, 1.165) is 31.6 Å². The van der Waals surface area contributed by atoms with Gasteiger partial charge in [0.05, 0.1) is 12.1 Å². The van der Waals surface area contributed by atoms with Crippen LogP contribution in [0.25, 0.3) is 11.4 Å². The largest absolute Gasteiger partial charge is 0.392 e. The average molecular weight is 316 g/mol. The van der Waals surface area contributed by atoms with Crippen LogP contribution in [0.5, 0.6) is 0 Å². The third-order valence-corrected chi connectivity index (χ3v) is 4.62. The summed E-state index contributed by atoms with van der Waals surface area (Å²) in [7, 11) is 0. The normalized spacial score (nSPS) is 26.7. The van der Waals surface area contributed by atoms with E-state index in [-0.39, 0.29) is 12.1 Å². The molecule has 1 N–H and O–H groups in total. The SMILES string of the molecule is O[C@@H]1C[C@@H](c2nc(-c3cccnc3)no2)N(C2CCOCC2)C1. The summed E-state index contributed by atoms with van der Waals surface area (Å²) in [6, 6.07) is 4.13. The van der Waals surface area contributed by atoms with Gasteiger partial charge in [0.25, 0.3) is 0 Å². The second kappa shape index (κ2) is 6.35. The highest BCUT2D eigenvalue weighted by molar-refractivity contribution is 5.51. The molecule has 0 bridgehead atoms. The Morgan fingerprint density at radius 1 is 1.26 bits per heavy atom. The molecule has 0 aliphatic carbocycles. The van der Waals surface area contributed by atoms with E-state index < -0.39 is 0 Å². The van der Waals surface area contributed by atoms with Gasteiger partial charge >= 0.3 is 0 Å². The molecule has 122 valence electrons. The van der Waals surface area contributed by atoms with E-state index in [1.54, 1.807) is 12.4 Å². The summed E-state index contributed by atoms with van der Waals surface area (Å²) < 4.78 is 10.9. The lowest BCUT2D eigenvalue weighted by Crippen LogP contribution is -2.39. The number of hydrogen-bond donors (Lipinski definition) is 1. The van der Waals surface area contributed by atoms with Gasteiger partial charge in [0, 0.05) is 43.8 Å². The van der Waals surface area contributed by atoms with Gasteiger partial charge in [0.2, 0.25) is 11.7 Å². The Kier molecular flexibility index (Phi) is 4.07. The van der Waals surface area contributed by atoms with Crippen LogP contribution in [0, 0.1) is 0 Å². The van der Waals surface area contributed by atoms with Crippen LogP contribution in [-0.4, -0.2) is 57.0 Å². The molecule has 2 saturated heterocycles. The molecule has 4 heterocycles. The fraction of sp³-hybridized carbons (Fsp3) is 0.562. The van der Waals surface area contributed by atoms with Gasteiger partial charge in [0.15, 0.2) is 0 Å². The number of aliphatic hydroxyl groups is 1. The lowest BCUT2D eigenvalue weighted by atomic mass is 10.1. The minimum absolute atomic E-state index is 0.0222. The molecule has 0 radical (unpaired) electrons. The minimum Gasteiger partial charge on any atom is -0.392 e. The van der Waals surface area contributed by atoms with E-state index in [0.29, 0.717) is 30.7 Å². The van der Waals surface area contributed by atoms with Crippen LogP contribution in [0.15, 0.2) is 29.0 Å². The number of aliphatic hydroxyl groups excluding tert-OH is 1. The summed E-state index contributed by atoms with van der Waals surface area (Å²) in [5, 5.41) is 14.2. The Morgan fingerprint density at radius 3 is 2.91 bits per heavy atom. The van der Waals surface area contributed by atoms with Crippen LogP contribution in [0.1, 0.15) is 31.2 Å². The second-order valence-electron chi connectivity index (χ2n) is 6.14. The number of ether oxygens (including phenoxy) is 1. The maximum atomic E-state index is 10.1. The predicted octanol–water partition coefficient (Wildman–Crippen LogP) is 1.42. The summed E-state index contributed by atoms with van der Waals surface area (Å²) in [4.78, 5) is 10.9. The number of nitrogens with zero attached hydrogens (tertiary/aromatic N) is 4. The molecule has 7 nitrogen and oxygen atoms in total. The van der Waals surface area contributed by atoms with Gasteiger partial charge in [-0.1, -0.05) is 5.16 Å². The lowest BCUT2D eigenvalue weighted by molar-refractivity contribution is 0.0215. The molecule has 2 aliphatic rings. The fourth-order valence-corrected chi connectivity index (χ4v) is 3.48. The highest BCUT2D eigenvalue weighted by Gasteiger charge is 2.40. The Morgan fingerprint density at radius 2 is 2.13 bits per heavy atom. The molecule has 2 aliphatic heterocycles. The molecule has 2 fully saturated rings. The predicted molar refractivity (Wildman–Crippen MR) is 81.4 cm³/mol. The Bertz CT molecular complexity index is 642. The zero-order valence-corrected chi connectivity index (χ0v) is 12.8. The first-order chi connectivity index (χ1) is 11.3. The van der Waals surface area contributed by atoms with Gasteiger partial charge in [-0.25, -0.2) is 0 Å². The Hall–Kier alpha value is -1.83. The van der Waals surface area contributed by atoms with E-state index in [1.807, 2.05) is 12.1 Å². The van der Waals surface area contributed by atoms with Gasteiger partial charge in [0.1, 0.15) is 0 Å². The first-order valence-electron chi connectivity index (χ1n) is 8.07. The van der Waals surface area contributed by atoms with Crippen molar-refractivity contribution in [3.05, 3.63) is 30.4 Å². The first kappa shape index (κ1) is 14.7. The third-order valence-electron chi connectivity index (χ3n) is 4.62. The molecule has 2 atom stereocenters. The molecule has 2 aromatic rings. The molecule has 0 unspecified atom stereocenters. The number of pyridine rings is 1. The van der Waals surface area contributed by atoms with Gasteiger partial charge in [-0.3, -0.25) is 9.88 Å². The van der Waals surface area contributed by atoms with Crippen molar-refractivity contribution in [1.29, 1.82) is 0 Å². The highest BCUT2D eigenvalue weighted by Crippen LogP contribution is 2.36. The quantitative estimate of drug-likeness (QED) is 0.916. The zero-order chi connectivity index (χ0) is 15.6. The molecule has 0 saturated carbocycles. The van der Waals surface area contributed by atoms with Gasteiger partial charge in [-0.05, 0) is 31.4 Å². The van der Waals surface area contributed by atoms with Crippen LogP contribution < -0.4 is 0 Å². The maximum absolute atomic E-state index is 10.1. The smallest absolute Gasteiger partial charge is 0.244 e. The molecule has 23 heavy (non-hydrogen) atoms. The topological polar surface area (TPSA) is 84.5 Å². The second-order valence-corrected chi connectivity index (χ2v) is 6.14. The third kappa shape index (κ3) is 2.99. The maximum Gasteiger partial charge on any atom is 0.244 e. The summed E-state index contributed by atoms with van der Waals surface area (Å²) >= 11 is 0. The number of β-amino-alcohol motifs (C(OH)–C–C–N with tert-alkyl or cyclic N) is 1. The molecular formula is C16H20N4O3. The van der Waals surface area contributed by atoms with Crippen LogP contribution >= 0.6 is 0 Å². The van der Waals surface area contributed by atoms with Crippen molar-refractivity contribution in [3.63, 3.8) is 0 Å². The van der Waals surface area contributed by atoms with Gasteiger partial charge < -0.3 is 14.4 Å². The van der Waals surface area contributed by atoms with Crippen molar-refractivity contribution >= 4 is 0 Å². The monoisotopic (exact) mass is 316 g/mol. The van der Waals surface area contributed by atoms with Crippen LogP contribution in [0.4, 0.5) is 0 Å². The van der Waals surface area contributed by atoms with Crippen molar-refractivity contribution in [2.45, 2.75) is 37.5 Å². The van der Waals surface area contributed by atoms with E-state index in [1.165, 1.54) is 0 Å². The van der Waals surface area contributed by atoms with E-state index in [4.69, 9.17) is 9.26 Å². The summed E-state index contributed by atoms with van der Waals surface area (Å²) in [5.74, 6) is 1.12. The van der Waals surface area contributed by atoms with Crippen molar-refractivity contribution in [2.75, 3.05) is 19.8 Å². The molecule has 0 aromatic carbocycles. The van der Waals surface area contributed by atoms with E-state index >= 15 is 0 Å².